The van der Waals surface area contributed by atoms with Crippen LogP contribution in [0.2, 0.25) is 0 Å². The molecule has 15 nitrogen and oxygen atoms in total. The standard InChI is InChI=1S/C20H32N4O4.C11H20N4O3/c1-16-6-8-18(9-7-16)15-28-20(27)22-11-13-23(12-10-21-17(2)25)19(26)14-24(3,4)5;1-5-13-6-9(16)14-8(3)11(18)15-7(2)10(17)12-4/h6-9H,10-15H2,1-5H3,(H-,21,22,25,27);5,7-8H,6H2,1-4H3,(H,12,17)(H,14,16)(H,15,18)/p+1. The SMILES string of the molecule is CC(=O)NCCN(CCNC(=O)OCc1ccc(C)cc1)C(=O)C[N+](C)(C)C.CC=NCC(=O)NC(C)C(=O)NC(C)C(=O)NC. The van der Waals surface area contributed by atoms with Gasteiger partial charge >= 0.3 is 6.09 Å². The molecular weight excluding hydrogens is 596 g/mol. The van der Waals surface area contributed by atoms with Crippen molar-refractivity contribution in [1.82, 2.24) is 31.5 Å². The predicted octanol–water partition coefficient (Wildman–Crippen LogP) is -0.275. The molecule has 2 unspecified atom stereocenters. The summed E-state index contributed by atoms with van der Waals surface area (Å²) in [5.74, 6) is -1.23. The normalized spacial score (nSPS) is 12.0. The van der Waals surface area contributed by atoms with Crippen LogP contribution in [0.5, 0.6) is 0 Å². The molecule has 15 heteroatoms. The van der Waals surface area contributed by atoms with E-state index in [0.29, 0.717) is 30.7 Å². The number of quaternary nitrogens is 1. The number of alkyl carbamates (subject to hydrolysis) is 1. The maximum Gasteiger partial charge on any atom is 0.407 e. The van der Waals surface area contributed by atoms with Gasteiger partial charge in [-0.25, -0.2) is 4.79 Å². The van der Waals surface area contributed by atoms with E-state index in [0.717, 1.165) is 11.1 Å². The second-order valence-corrected chi connectivity index (χ2v) is 11.5. The first kappa shape index (κ1) is 41.5. The molecule has 0 aromatic heterocycles. The molecule has 0 fully saturated rings. The molecule has 46 heavy (non-hydrogen) atoms. The van der Waals surface area contributed by atoms with Crippen molar-refractivity contribution >= 4 is 41.8 Å². The lowest BCUT2D eigenvalue weighted by Crippen LogP contribution is -2.51. The quantitative estimate of drug-likeness (QED) is 0.120. The van der Waals surface area contributed by atoms with E-state index >= 15 is 0 Å². The average molecular weight is 650 g/mol. The zero-order chi connectivity index (χ0) is 35.3. The number of rotatable bonds is 16. The Bertz CT molecular complexity index is 1170. The molecule has 6 amide bonds. The Hall–Kier alpha value is -4.53. The summed E-state index contributed by atoms with van der Waals surface area (Å²) in [4.78, 5) is 75.0. The largest absolute Gasteiger partial charge is 0.445 e. The molecule has 0 saturated heterocycles. The number of ether oxygens (including phenoxy) is 1. The van der Waals surface area contributed by atoms with Crippen molar-refractivity contribution in [3.63, 3.8) is 0 Å². The van der Waals surface area contributed by atoms with E-state index in [1.165, 1.54) is 20.2 Å². The minimum atomic E-state index is -0.711. The Morgan fingerprint density at radius 2 is 1.48 bits per heavy atom. The highest BCUT2D eigenvalue weighted by Gasteiger charge is 2.21. The molecule has 0 heterocycles. The van der Waals surface area contributed by atoms with Crippen LogP contribution in [0.1, 0.15) is 38.8 Å². The topological polar surface area (TPSA) is 187 Å². The molecule has 258 valence electrons. The van der Waals surface area contributed by atoms with E-state index in [1.54, 1.807) is 25.7 Å². The zero-order valence-electron chi connectivity index (χ0n) is 28.7. The number of nitrogens with one attached hydrogen (secondary N) is 5. The minimum absolute atomic E-state index is 0.0148. The van der Waals surface area contributed by atoms with Gasteiger partial charge in [-0.05, 0) is 39.5 Å². The number of hydrogen-bond acceptors (Lipinski definition) is 8. The summed E-state index contributed by atoms with van der Waals surface area (Å²) in [6.45, 7) is 10.1. The Morgan fingerprint density at radius 1 is 0.913 bits per heavy atom. The number of hydrogen-bond donors (Lipinski definition) is 5. The molecule has 0 aliphatic heterocycles. The van der Waals surface area contributed by atoms with Crippen LogP contribution in [0.15, 0.2) is 29.3 Å². The van der Waals surface area contributed by atoms with E-state index in [9.17, 15) is 28.8 Å². The maximum absolute atomic E-state index is 12.5. The van der Waals surface area contributed by atoms with Crippen molar-refractivity contribution in [2.24, 2.45) is 4.99 Å². The molecular formula is C31H53N8O7+. The van der Waals surface area contributed by atoms with E-state index in [4.69, 9.17) is 4.74 Å². The van der Waals surface area contributed by atoms with Crippen molar-refractivity contribution in [2.45, 2.75) is 53.3 Å². The fourth-order valence-electron chi connectivity index (χ4n) is 3.56. The van der Waals surface area contributed by atoms with Crippen molar-refractivity contribution in [3.05, 3.63) is 35.4 Å². The van der Waals surface area contributed by atoms with Crippen LogP contribution in [0.4, 0.5) is 4.79 Å². The van der Waals surface area contributed by atoms with Crippen molar-refractivity contribution in [2.75, 3.05) is 67.5 Å². The maximum atomic E-state index is 12.5. The zero-order valence-corrected chi connectivity index (χ0v) is 28.7. The number of benzene rings is 1. The van der Waals surface area contributed by atoms with Gasteiger partial charge < -0.3 is 40.7 Å². The fraction of sp³-hybridized carbons (Fsp3) is 0.581. The second-order valence-electron chi connectivity index (χ2n) is 11.5. The second kappa shape index (κ2) is 22.1. The molecule has 0 aliphatic rings. The van der Waals surface area contributed by atoms with Gasteiger partial charge in [-0.3, -0.25) is 29.0 Å². The number of aliphatic imine (C=N–C) groups is 1. The molecule has 0 radical (unpaired) electrons. The van der Waals surface area contributed by atoms with Crippen LogP contribution in [-0.2, 0) is 35.3 Å². The Labute approximate surface area is 272 Å². The third-order valence-electron chi connectivity index (χ3n) is 6.05. The van der Waals surface area contributed by atoms with E-state index in [2.05, 4.69) is 31.6 Å². The molecule has 0 aliphatic carbocycles. The number of carbonyl (C=O) groups is 6. The molecule has 0 saturated carbocycles. The molecule has 0 spiro atoms. The van der Waals surface area contributed by atoms with Gasteiger partial charge in [-0.1, -0.05) is 29.8 Å². The highest BCUT2D eigenvalue weighted by Crippen LogP contribution is 2.04. The van der Waals surface area contributed by atoms with Crippen LogP contribution in [0, 0.1) is 6.92 Å². The predicted molar refractivity (Wildman–Crippen MR) is 176 cm³/mol. The number of nitrogens with zero attached hydrogens (tertiary/aromatic N) is 3. The van der Waals surface area contributed by atoms with Gasteiger partial charge in [-0.2, -0.15) is 0 Å². The summed E-state index contributed by atoms with van der Waals surface area (Å²) in [5.41, 5.74) is 2.06. The molecule has 2 atom stereocenters. The average Bonchev–Trinajstić information content (AvgIpc) is 2.97. The van der Waals surface area contributed by atoms with Gasteiger partial charge in [0.1, 0.15) is 25.2 Å². The molecule has 1 aromatic rings. The Balaban J connectivity index is 0.000000973. The van der Waals surface area contributed by atoms with Gasteiger partial charge in [0.05, 0.1) is 21.1 Å². The minimum Gasteiger partial charge on any atom is -0.445 e. The first-order valence-electron chi connectivity index (χ1n) is 15.0. The third kappa shape index (κ3) is 20.4. The first-order valence-corrected chi connectivity index (χ1v) is 15.0. The van der Waals surface area contributed by atoms with Crippen LogP contribution in [0.3, 0.4) is 0 Å². The summed E-state index contributed by atoms with van der Waals surface area (Å²) in [6.07, 6.45) is 0.985. The van der Waals surface area contributed by atoms with Gasteiger partial charge in [0.15, 0.2) is 6.54 Å². The van der Waals surface area contributed by atoms with Crippen LogP contribution >= 0.6 is 0 Å². The van der Waals surface area contributed by atoms with E-state index in [1.807, 2.05) is 52.3 Å². The Kier molecular flexibility index (Phi) is 19.9. The van der Waals surface area contributed by atoms with E-state index < -0.39 is 24.1 Å². The summed E-state index contributed by atoms with van der Waals surface area (Å²) >= 11 is 0. The Morgan fingerprint density at radius 3 is 2.00 bits per heavy atom. The smallest absolute Gasteiger partial charge is 0.407 e. The fourth-order valence-corrected chi connectivity index (χ4v) is 3.56. The summed E-state index contributed by atoms with van der Waals surface area (Å²) in [5, 5.41) is 12.7. The number of likely N-dealkylation sites (N-methyl/N-ethyl adjacent to an activating group) is 2. The summed E-state index contributed by atoms with van der Waals surface area (Å²) < 4.78 is 5.69. The lowest BCUT2D eigenvalue weighted by molar-refractivity contribution is -0.862. The summed E-state index contributed by atoms with van der Waals surface area (Å²) in [6, 6.07) is 6.39. The third-order valence-corrected chi connectivity index (χ3v) is 6.05. The monoisotopic (exact) mass is 649 g/mol. The lowest BCUT2D eigenvalue weighted by atomic mass is 10.2. The van der Waals surface area contributed by atoms with Crippen LogP contribution < -0.4 is 26.6 Å². The lowest BCUT2D eigenvalue weighted by Gasteiger charge is -2.28. The number of aryl methyl sites for hydroxylation is 1. The van der Waals surface area contributed by atoms with Crippen molar-refractivity contribution in [3.8, 4) is 0 Å². The summed E-state index contributed by atoms with van der Waals surface area (Å²) in [7, 11) is 7.29. The van der Waals surface area contributed by atoms with Gasteiger partial charge in [-0.15, -0.1) is 0 Å². The van der Waals surface area contributed by atoms with Crippen LogP contribution in [0.25, 0.3) is 0 Å². The van der Waals surface area contributed by atoms with E-state index in [-0.39, 0.29) is 43.3 Å². The molecule has 5 N–H and O–H groups in total. The van der Waals surface area contributed by atoms with Crippen LogP contribution in [-0.4, -0.2) is 131 Å². The molecule has 0 bridgehead atoms. The molecule has 1 rings (SSSR count). The van der Waals surface area contributed by atoms with Gasteiger partial charge in [0, 0.05) is 40.2 Å². The highest BCUT2D eigenvalue weighted by molar-refractivity contribution is 5.92. The first-order chi connectivity index (χ1) is 21.5. The highest BCUT2D eigenvalue weighted by atomic mass is 16.5. The molecule has 1 aromatic carbocycles. The van der Waals surface area contributed by atoms with Gasteiger partial charge in [0.25, 0.3) is 5.91 Å². The van der Waals surface area contributed by atoms with Crippen molar-refractivity contribution < 1.29 is 38.0 Å². The van der Waals surface area contributed by atoms with Gasteiger partial charge in [0.2, 0.25) is 23.6 Å². The number of amides is 6. The van der Waals surface area contributed by atoms with Crippen molar-refractivity contribution in [1.29, 1.82) is 0 Å². The number of carbonyl (C=O) groups excluding carboxylic acids is 6.